The minimum absolute atomic E-state index is 0.174. The maximum absolute atomic E-state index is 12.2. The van der Waals surface area contributed by atoms with Crippen LogP contribution in [0.4, 0.5) is 5.69 Å². The molecular formula is C16H19N3O3S. The van der Waals surface area contributed by atoms with Crippen molar-refractivity contribution in [2.75, 3.05) is 11.9 Å². The number of hydrogen-bond donors (Lipinski definition) is 2. The van der Waals surface area contributed by atoms with Crippen LogP contribution in [-0.4, -0.2) is 25.9 Å². The highest BCUT2D eigenvalue weighted by atomic mass is 32.2. The fourth-order valence-corrected chi connectivity index (χ4v) is 3.12. The highest BCUT2D eigenvalue weighted by Crippen LogP contribution is 2.14. The van der Waals surface area contributed by atoms with E-state index < -0.39 is 10.0 Å². The molecule has 23 heavy (non-hydrogen) atoms. The molecule has 1 heterocycles. The monoisotopic (exact) mass is 333 g/mol. The Labute approximate surface area is 136 Å². The number of carbonyl (C=O) groups is 1. The van der Waals surface area contributed by atoms with Crippen LogP contribution in [0.5, 0.6) is 0 Å². The molecule has 0 unspecified atom stereocenters. The molecule has 0 saturated carbocycles. The van der Waals surface area contributed by atoms with Gasteiger partial charge in [-0.15, -0.1) is 0 Å². The third-order valence-electron chi connectivity index (χ3n) is 3.14. The van der Waals surface area contributed by atoms with E-state index in [1.54, 1.807) is 24.5 Å². The minimum Gasteiger partial charge on any atom is -0.326 e. The topological polar surface area (TPSA) is 88.2 Å². The van der Waals surface area contributed by atoms with E-state index in [1.807, 2.05) is 12.1 Å². The van der Waals surface area contributed by atoms with Crippen molar-refractivity contribution < 1.29 is 13.2 Å². The molecule has 1 amide bonds. The maximum atomic E-state index is 12.2. The van der Waals surface area contributed by atoms with Crippen molar-refractivity contribution in [1.82, 2.24) is 9.71 Å². The zero-order valence-corrected chi connectivity index (χ0v) is 13.6. The summed E-state index contributed by atoms with van der Waals surface area (Å²) < 4.78 is 26.9. The first-order chi connectivity index (χ1) is 11.0. The molecule has 0 spiro atoms. The second-order valence-electron chi connectivity index (χ2n) is 5.07. The number of pyridine rings is 1. The molecule has 6 nitrogen and oxygen atoms in total. The molecule has 0 bridgehead atoms. The zero-order chi connectivity index (χ0) is 16.7. The highest BCUT2D eigenvalue weighted by Gasteiger charge is 2.13. The standard InChI is InChI=1S/C16H19N3O3S/c1-13(20)19-15-6-8-16(9-7-15)23(21,22)18-11-3-5-14-4-2-10-17-12-14/h2,4,6-10,12,18H,3,5,11H2,1H3,(H,19,20). The molecule has 2 N–H and O–H groups in total. The average Bonchev–Trinajstić information content (AvgIpc) is 2.53. The smallest absolute Gasteiger partial charge is 0.240 e. The zero-order valence-electron chi connectivity index (χ0n) is 12.8. The predicted octanol–water partition coefficient (Wildman–Crippen LogP) is 1.95. The molecule has 1 aromatic heterocycles. The lowest BCUT2D eigenvalue weighted by molar-refractivity contribution is -0.114. The quantitative estimate of drug-likeness (QED) is 0.758. The number of rotatable bonds is 7. The van der Waals surface area contributed by atoms with Crippen molar-refractivity contribution in [2.45, 2.75) is 24.7 Å². The summed E-state index contributed by atoms with van der Waals surface area (Å²) in [5.41, 5.74) is 1.64. The Morgan fingerprint density at radius 3 is 2.52 bits per heavy atom. The number of anilines is 1. The fraction of sp³-hybridized carbons (Fsp3) is 0.250. The fourth-order valence-electron chi connectivity index (χ4n) is 2.05. The molecule has 1 aromatic carbocycles. The van der Waals surface area contributed by atoms with E-state index in [4.69, 9.17) is 0 Å². The van der Waals surface area contributed by atoms with E-state index in [9.17, 15) is 13.2 Å². The molecule has 2 rings (SSSR count). The Morgan fingerprint density at radius 2 is 1.91 bits per heavy atom. The summed E-state index contributed by atoms with van der Waals surface area (Å²) >= 11 is 0. The van der Waals surface area contributed by atoms with Crippen LogP contribution in [0.15, 0.2) is 53.7 Å². The molecular weight excluding hydrogens is 314 g/mol. The summed E-state index contributed by atoms with van der Waals surface area (Å²) in [7, 11) is -3.54. The molecule has 122 valence electrons. The first kappa shape index (κ1) is 17.1. The van der Waals surface area contributed by atoms with E-state index in [1.165, 1.54) is 19.1 Å². The number of aromatic nitrogens is 1. The van der Waals surface area contributed by atoms with Gasteiger partial charge in [0.25, 0.3) is 0 Å². The van der Waals surface area contributed by atoms with E-state index in [-0.39, 0.29) is 10.8 Å². The minimum atomic E-state index is -3.54. The molecule has 2 aromatic rings. The van der Waals surface area contributed by atoms with Crippen LogP contribution in [0.1, 0.15) is 18.9 Å². The van der Waals surface area contributed by atoms with E-state index >= 15 is 0 Å². The first-order valence-electron chi connectivity index (χ1n) is 7.23. The van der Waals surface area contributed by atoms with Crippen molar-refractivity contribution in [3.63, 3.8) is 0 Å². The lowest BCUT2D eigenvalue weighted by atomic mass is 10.2. The molecule has 0 atom stereocenters. The number of amides is 1. The van der Waals surface area contributed by atoms with Crippen LogP contribution in [0.3, 0.4) is 0 Å². The highest BCUT2D eigenvalue weighted by molar-refractivity contribution is 7.89. The average molecular weight is 333 g/mol. The molecule has 0 aliphatic carbocycles. The lowest BCUT2D eigenvalue weighted by Gasteiger charge is -2.08. The van der Waals surface area contributed by atoms with Gasteiger partial charge >= 0.3 is 0 Å². The Kier molecular flexibility index (Phi) is 5.84. The van der Waals surface area contributed by atoms with Crippen LogP contribution in [0.25, 0.3) is 0 Å². The van der Waals surface area contributed by atoms with Crippen molar-refractivity contribution >= 4 is 21.6 Å². The number of nitrogens with zero attached hydrogens (tertiary/aromatic N) is 1. The molecule has 0 fully saturated rings. The van der Waals surface area contributed by atoms with Crippen LogP contribution in [-0.2, 0) is 21.2 Å². The number of hydrogen-bond acceptors (Lipinski definition) is 4. The Balaban J connectivity index is 1.87. The van der Waals surface area contributed by atoms with Gasteiger partial charge in [0.1, 0.15) is 0 Å². The van der Waals surface area contributed by atoms with Gasteiger partial charge in [0.15, 0.2) is 0 Å². The second-order valence-corrected chi connectivity index (χ2v) is 6.84. The van der Waals surface area contributed by atoms with Crippen LogP contribution >= 0.6 is 0 Å². The van der Waals surface area contributed by atoms with Gasteiger partial charge in [0, 0.05) is 31.5 Å². The van der Waals surface area contributed by atoms with E-state index in [0.717, 1.165) is 12.0 Å². The Bertz CT molecular complexity index is 744. The summed E-state index contributed by atoms with van der Waals surface area (Å²) in [5.74, 6) is -0.200. The van der Waals surface area contributed by atoms with Crippen LogP contribution in [0, 0.1) is 0 Å². The van der Waals surface area contributed by atoms with Gasteiger partial charge in [0.2, 0.25) is 15.9 Å². The molecule has 0 saturated heterocycles. The van der Waals surface area contributed by atoms with Crippen molar-refractivity contribution in [2.24, 2.45) is 0 Å². The van der Waals surface area contributed by atoms with Crippen molar-refractivity contribution in [3.8, 4) is 0 Å². The van der Waals surface area contributed by atoms with Gasteiger partial charge in [-0.1, -0.05) is 6.07 Å². The molecule has 7 heteroatoms. The van der Waals surface area contributed by atoms with E-state index in [0.29, 0.717) is 18.7 Å². The van der Waals surface area contributed by atoms with Gasteiger partial charge in [-0.2, -0.15) is 0 Å². The number of aryl methyl sites for hydroxylation is 1. The van der Waals surface area contributed by atoms with Crippen LogP contribution in [0.2, 0.25) is 0 Å². The normalized spacial score (nSPS) is 11.2. The lowest BCUT2D eigenvalue weighted by Crippen LogP contribution is -2.25. The summed E-state index contributed by atoms with van der Waals surface area (Å²) in [6.07, 6.45) is 4.93. The predicted molar refractivity (Wildman–Crippen MR) is 88.5 cm³/mol. The summed E-state index contributed by atoms with van der Waals surface area (Å²) in [5, 5.41) is 2.59. The van der Waals surface area contributed by atoms with Crippen molar-refractivity contribution in [1.29, 1.82) is 0 Å². The van der Waals surface area contributed by atoms with Gasteiger partial charge in [-0.05, 0) is 48.7 Å². The van der Waals surface area contributed by atoms with Crippen LogP contribution < -0.4 is 10.0 Å². The third-order valence-corrected chi connectivity index (χ3v) is 4.62. The molecule has 0 radical (unpaired) electrons. The molecule has 0 aliphatic heterocycles. The summed E-state index contributed by atoms with van der Waals surface area (Å²) in [6, 6.07) is 9.87. The van der Waals surface area contributed by atoms with Gasteiger partial charge in [0.05, 0.1) is 4.90 Å². The number of nitrogens with one attached hydrogen (secondary N) is 2. The van der Waals surface area contributed by atoms with Gasteiger partial charge in [-0.25, -0.2) is 13.1 Å². The van der Waals surface area contributed by atoms with Crippen molar-refractivity contribution in [3.05, 3.63) is 54.4 Å². The number of benzene rings is 1. The van der Waals surface area contributed by atoms with Gasteiger partial charge in [-0.3, -0.25) is 9.78 Å². The first-order valence-corrected chi connectivity index (χ1v) is 8.72. The SMILES string of the molecule is CC(=O)Nc1ccc(S(=O)(=O)NCCCc2cccnc2)cc1. The largest absolute Gasteiger partial charge is 0.326 e. The van der Waals surface area contributed by atoms with E-state index in [2.05, 4.69) is 15.0 Å². The summed E-state index contributed by atoms with van der Waals surface area (Å²) in [6.45, 7) is 1.75. The Hall–Kier alpha value is -2.25. The number of sulfonamides is 1. The second kappa shape index (κ2) is 7.85. The molecule has 0 aliphatic rings. The number of carbonyl (C=O) groups excluding carboxylic acids is 1. The van der Waals surface area contributed by atoms with Gasteiger partial charge < -0.3 is 5.32 Å². The maximum Gasteiger partial charge on any atom is 0.240 e. The Morgan fingerprint density at radius 1 is 1.17 bits per heavy atom. The summed E-state index contributed by atoms with van der Waals surface area (Å²) in [4.78, 5) is 15.1. The third kappa shape index (κ3) is 5.46.